The van der Waals surface area contributed by atoms with E-state index in [2.05, 4.69) is 10.6 Å². The number of nitrogens with zero attached hydrogens (tertiary/aromatic N) is 1. The van der Waals surface area contributed by atoms with Crippen molar-refractivity contribution in [2.45, 2.75) is 31.7 Å². The van der Waals surface area contributed by atoms with Gasteiger partial charge in [-0.2, -0.15) is 0 Å². The van der Waals surface area contributed by atoms with Crippen molar-refractivity contribution in [3.05, 3.63) is 23.1 Å². The van der Waals surface area contributed by atoms with Crippen LogP contribution in [0.15, 0.2) is 16.5 Å². The van der Waals surface area contributed by atoms with Crippen molar-refractivity contribution in [3.63, 3.8) is 0 Å². The molecule has 7 heteroatoms. The van der Waals surface area contributed by atoms with Gasteiger partial charge in [0.25, 0.3) is 5.91 Å². The van der Waals surface area contributed by atoms with Gasteiger partial charge in [-0.25, -0.2) is 0 Å². The second-order valence-electron chi connectivity index (χ2n) is 6.26. The molecular weight excluding hydrogens is 318 g/mol. The molecule has 1 aromatic heterocycles. The van der Waals surface area contributed by atoms with E-state index in [0.29, 0.717) is 19.6 Å². The van der Waals surface area contributed by atoms with Gasteiger partial charge >= 0.3 is 0 Å². The van der Waals surface area contributed by atoms with Crippen molar-refractivity contribution in [2.24, 2.45) is 5.92 Å². The largest absolute Gasteiger partial charge is 0.440 e. The minimum atomic E-state index is -0.134. The van der Waals surface area contributed by atoms with E-state index in [0.717, 1.165) is 32.2 Å². The molecule has 2 saturated heterocycles. The number of nitrogens with one attached hydrogen (secondary N) is 2. The molecule has 2 aliphatic rings. The number of hydrogen-bond donors (Lipinski definition) is 2. The van der Waals surface area contributed by atoms with Gasteiger partial charge < -0.3 is 20.0 Å². The fourth-order valence-corrected chi connectivity index (χ4v) is 3.42. The maximum absolute atomic E-state index is 12.4. The minimum absolute atomic E-state index is 0.0541. The Morgan fingerprint density at radius 3 is 2.91 bits per heavy atom. The van der Waals surface area contributed by atoms with Crippen molar-refractivity contribution >= 4 is 23.4 Å². The maximum atomic E-state index is 12.4. The summed E-state index contributed by atoms with van der Waals surface area (Å²) in [5, 5.41) is 6.43. The molecule has 0 aromatic carbocycles. The van der Waals surface area contributed by atoms with Gasteiger partial charge in [0.1, 0.15) is 0 Å². The van der Waals surface area contributed by atoms with Gasteiger partial charge in [0.05, 0.1) is 6.04 Å². The Hall–Kier alpha value is -1.53. The van der Waals surface area contributed by atoms with Gasteiger partial charge in [0.15, 0.2) is 11.0 Å². The van der Waals surface area contributed by atoms with Gasteiger partial charge in [-0.1, -0.05) is 0 Å². The highest BCUT2D eigenvalue weighted by atomic mass is 35.5. The first-order valence-electron chi connectivity index (χ1n) is 8.19. The summed E-state index contributed by atoms with van der Waals surface area (Å²) in [7, 11) is 0. The molecule has 0 saturated carbocycles. The van der Waals surface area contributed by atoms with Crippen LogP contribution >= 0.6 is 11.6 Å². The van der Waals surface area contributed by atoms with E-state index in [1.165, 1.54) is 0 Å². The molecule has 126 valence electrons. The van der Waals surface area contributed by atoms with Crippen LogP contribution in [0.5, 0.6) is 0 Å². The van der Waals surface area contributed by atoms with Crippen molar-refractivity contribution in [1.29, 1.82) is 0 Å². The molecule has 2 N–H and O–H groups in total. The number of piperidine rings is 1. The highest BCUT2D eigenvalue weighted by Gasteiger charge is 2.28. The normalized spacial score (nSPS) is 24.7. The van der Waals surface area contributed by atoms with Gasteiger partial charge in [-0.3, -0.25) is 9.59 Å². The highest BCUT2D eigenvalue weighted by molar-refractivity contribution is 6.29. The van der Waals surface area contributed by atoms with E-state index < -0.39 is 0 Å². The van der Waals surface area contributed by atoms with Crippen LogP contribution in [0.25, 0.3) is 0 Å². The standard InChI is InChI=1S/C16H22ClN3O3/c17-14-6-5-13(23-14)16(22)20-8-2-3-11(10-20)9-19-15(21)12-4-1-7-18-12/h5-6,11-12,18H,1-4,7-10H2,(H,19,21)/t11-,12+/m1/s1. The van der Waals surface area contributed by atoms with Crippen LogP contribution < -0.4 is 10.6 Å². The lowest BCUT2D eigenvalue weighted by atomic mass is 9.97. The van der Waals surface area contributed by atoms with Crippen LogP contribution in [-0.4, -0.2) is 48.9 Å². The monoisotopic (exact) mass is 339 g/mol. The predicted molar refractivity (Wildman–Crippen MR) is 86.4 cm³/mol. The van der Waals surface area contributed by atoms with Crippen LogP contribution in [0.1, 0.15) is 36.2 Å². The van der Waals surface area contributed by atoms with Crippen LogP contribution in [0.3, 0.4) is 0 Å². The van der Waals surface area contributed by atoms with E-state index in [4.69, 9.17) is 16.0 Å². The molecular formula is C16H22ClN3O3. The van der Waals surface area contributed by atoms with Crippen LogP contribution in [0, 0.1) is 5.92 Å². The third-order valence-electron chi connectivity index (χ3n) is 4.53. The molecule has 0 bridgehead atoms. The molecule has 0 aliphatic carbocycles. The number of rotatable bonds is 4. The van der Waals surface area contributed by atoms with Gasteiger partial charge in [0.2, 0.25) is 5.91 Å². The predicted octanol–water partition coefficient (Wildman–Crippen LogP) is 1.65. The fraction of sp³-hybridized carbons (Fsp3) is 0.625. The molecule has 23 heavy (non-hydrogen) atoms. The zero-order chi connectivity index (χ0) is 16.2. The number of carbonyl (C=O) groups is 2. The molecule has 3 rings (SSSR count). The summed E-state index contributed by atoms with van der Waals surface area (Å²) in [4.78, 5) is 26.2. The average Bonchev–Trinajstić information content (AvgIpc) is 3.24. The number of likely N-dealkylation sites (tertiary alicyclic amines) is 1. The Kier molecular flexibility index (Phi) is 5.23. The van der Waals surface area contributed by atoms with Gasteiger partial charge in [-0.05, 0) is 61.9 Å². The molecule has 0 radical (unpaired) electrons. The van der Waals surface area contributed by atoms with Crippen molar-refractivity contribution in [1.82, 2.24) is 15.5 Å². The third-order valence-corrected chi connectivity index (χ3v) is 4.74. The van der Waals surface area contributed by atoms with E-state index in [-0.39, 0.29) is 34.8 Å². The van der Waals surface area contributed by atoms with Gasteiger partial charge in [-0.15, -0.1) is 0 Å². The number of amides is 2. The molecule has 2 fully saturated rings. The van der Waals surface area contributed by atoms with E-state index in [1.807, 2.05) is 0 Å². The number of halogens is 1. The molecule has 3 heterocycles. The summed E-state index contributed by atoms with van der Waals surface area (Å²) in [5.41, 5.74) is 0. The molecule has 2 amide bonds. The van der Waals surface area contributed by atoms with Crippen molar-refractivity contribution in [2.75, 3.05) is 26.2 Å². The van der Waals surface area contributed by atoms with Gasteiger partial charge in [0, 0.05) is 19.6 Å². The summed E-state index contributed by atoms with van der Waals surface area (Å²) >= 11 is 5.73. The smallest absolute Gasteiger partial charge is 0.289 e. The summed E-state index contributed by atoms with van der Waals surface area (Å²) < 4.78 is 5.20. The van der Waals surface area contributed by atoms with E-state index in [1.54, 1.807) is 17.0 Å². The quantitative estimate of drug-likeness (QED) is 0.874. The van der Waals surface area contributed by atoms with Crippen molar-refractivity contribution in [3.8, 4) is 0 Å². The number of carbonyl (C=O) groups excluding carboxylic acids is 2. The van der Waals surface area contributed by atoms with E-state index in [9.17, 15) is 9.59 Å². The number of furan rings is 1. The summed E-state index contributed by atoms with van der Waals surface area (Å²) in [6.45, 7) is 2.87. The first-order valence-corrected chi connectivity index (χ1v) is 8.57. The summed E-state index contributed by atoms with van der Waals surface area (Å²) in [6, 6.07) is 3.12. The Labute approximate surface area is 140 Å². The minimum Gasteiger partial charge on any atom is -0.440 e. The zero-order valence-corrected chi connectivity index (χ0v) is 13.8. The molecule has 0 spiro atoms. The zero-order valence-electron chi connectivity index (χ0n) is 13.0. The van der Waals surface area contributed by atoms with E-state index >= 15 is 0 Å². The lowest BCUT2D eigenvalue weighted by molar-refractivity contribution is -0.123. The third kappa shape index (κ3) is 4.06. The fourth-order valence-electron chi connectivity index (χ4n) is 3.28. The summed E-state index contributed by atoms with van der Waals surface area (Å²) in [6.07, 6.45) is 3.90. The Bertz CT molecular complexity index is 569. The molecule has 1 aromatic rings. The molecule has 6 nitrogen and oxygen atoms in total. The average molecular weight is 340 g/mol. The molecule has 2 aliphatic heterocycles. The SMILES string of the molecule is O=C(NC[C@H]1CCCN(C(=O)c2ccc(Cl)o2)C1)[C@@H]1CCCN1. The first kappa shape index (κ1) is 16.3. The maximum Gasteiger partial charge on any atom is 0.289 e. The van der Waals surface area contributed by atoms with Crippen LogP contribution in [0.4, 0.5) is 0 Å². The molecule has 0 unspecified atom stereocenters. The van der Waals surface area contributed by atoms with Crippen molar-refractivity contribution < 1.29 is 14.0 Å². The van der Waals surface area contributed by atoms with Crippen LogP contribution in [-0.2, 0) is 4.79 Å². The highest BCUT2D eigenvalue weighted by Crippen LogP contribution is 2.20. The summed E-state index contributed by atoms with van der Waals surface area (Å²) in [5.74, 6) is 0.493. The number of hydrogen-bond acceptors (Lipinski definition) is 4. The second kappa shape index (κ2) is 7.36. The molecule has 2 atom stereocenters. The van der Waals surface area contributed by atoms with Crippen LogP contribution in [0.2, 0.25) is 5.22 Å². The lowest BCUT2D eigenvalue weighted by Crippen LogP contribution is -2.46. The second-order valence-corrected chi connectivity index (χ2v) is 6.63. The Morgan fingerprint density at radius 1 is 1.35 bits per heavy atom. The lowest BCUT2D eigenvalue weighted by Gasteiger charge is -2.32. The first-order chi connectivity index (χ1) is 11.1. The Morgan fingerprint density at radius 2 is 2.22 bits per heavy atom. The Balaban J connectivity index is 1.49. The topological polar surface area (TPSA) is 74.6 Å².